The number of halogens is 3. The van der Waals surface area contributed by atoms with Gasteiger partial charge in [0.2, 0.25) is 0 Å². The maximum absolute atomic E-state index is 13.9. The van der Waals surface area contributed by atoms with Gasteiger partial charge in [0, 0.05) is 38.4 Å². The van der Waals surface area contributed by atoms with Crippen molar-refractivity contribution in [1.29, 1.82) is 0 Å². The summed E-state index contributed by atoms with van der Waals surface area (Å²) in [7, 11) is 0. The van der Waals surface area contributed by atoms with Crippen molar-refractivity contribution in [3.05, 3.63) is 84.1 Å². The number of pyridine rings is 1. The van der Waals surface area contributed by atoms with E-state index in [4.69, 9.17) is 4.98 Å². The molecule has 0 atom stereocenters. The minimum absolute atomic E-state index is 0.0647. The number of nitrogens with zero attached hydrogens (tertiary/aromatic N) is 5. The molecule has 0 aliphatic carbocycles. The molecule has 174 valence electrons. The van der Waals surface area contributed by atoms with Crippen LogP contribution >= 0.6 is 0 Å². The maximum atomic E-state index is 13.9. The molecule has 10 heteroatoms. The van der Waals surface area contributed by atoms with E-state index in [1.165, 1.54) is 18.2 Å². The van der Waals surface area contributed by atoms with Crippen molar-refractivity contribution in [3.63, 3.8) is 0 Å². The number of fused-ring (bicyclic) bond motifs is 1. The van der Waals surface area contributed by atoms with Crippen molar-refractivity contribution in [2.45, 2.75) is 6.54 Å². The van der Waals surface area contributed by atoms with Gasteiger partial charge < -0.3 is 10.2 Å². The Morgan fingerprint density at radius 3 is 2.50 bits per heavy atom. The smallest absolute Gasteiger partial charge is 0.322 e. The maximum Gasteiger partial charge on any atom is 0.322 e. The van der Waals surface area contributed by atoms with E-state index in [-0.39, 0.29) is 11.5 Å². The van der Waals surface area contributed by atoms with E-state index in [0.29, 0.717) is 55.4 Å². The van der Waals surface area contributed by atoms with Gasteiger partial charge in [0.15, 0.2) is 5.65 Å². The lowest BCUT2D eigenvalue weighted by Crippen LogP contribution is -2.49. The molecule has 1 aliphatic heterocycles. The monoisotopic (exact) mass is 466 g/mol. The van der Waals surface area contributed by atoms with Gasteiger partial charge in [-0.1, -0.05) is 6.07 Å². The first kappa shape index (κ1) is 21.9. The molecule has 2 amide bonds. The summed E-state index contributed by atoms with van der Waals surface area (Å²) in [5.41, 5.74) is 1.92. The number of hydrogen-bond donors (Lipinski definition) is 1. The third kappa shape index (κ3) is 4.44. The fraction of sp³-hybridized carbons (Fsp3) is 0.208. The van der Waals surface area contributed by atoms with E-state index < -0.39 is 17.7 Å². The molecule has 0 saturated carbocycles. The molecule has 0 unspecified atom stereocenters. The van der Waals surface area contributed by atoms with E-state index >= 15 is 0 Å². The fourth-order valence-electron chi connectivity index (χ4n) is 4.05. The average Bonchev–Trinajstić information content (AvgIpc) is 3.19. The zero-order valence-electron chi connectivity index (χ0n) is 18.1. The quantitative estimate of drug-likeness (QED) is 0.490. The molecular weight excluding hydrogens is 445 g/mol. The number of anilines is 1. The summed E-state index contributed by atoms with van der Waals surface area (Å²) in [6.45, 7) is 2.47. The Kier molecular flexibility index (Phi) is 5.89. The highest BCUT2D eigenvalue weighted by atomic mass is 19.1. The lowest BCUT2D eigenvalue weighted by molar-refractivity contribution is 0.140. The first-order valence-corrected chi connectivity index (χ1v) is 10.8. The van der Waals surface area contributed by atoms with Crippen molar-refractivity contribution in [2.75, 3.05) is 31.5 Å². The van der Waals surface area contributed by atoms with Crippen LogP contribution in [0.1, 0.15) is 5.82 Å². The van der Waals surface area contributed by atoms with Crippen LogP contribution in [0.2, 0.25) is 0 Å². The zero-order valence-corrected chi connectivity index (χ0v) is 18.1. The molecule has 2 aromatic carbocycles. The Hall–Kier alpha value is -3.92. The van der Waals surface area contributed by atoms with Crippen LogP contribution < -0.4 is 5.32 Å². The molecule has 0 radical (unpaired) electrons. The number of aromatic nitrogens is 3. The molecule has 5 rings (SSSR count). The summed E-state index contributed by atoms with van der Waals surface area (Å²) in [4.78, 5) is 25.4. The number of carbonyl (C=O) groups is 1. The second kappa shape index (κ2) is 9.14. The molecule has 1 aliphatic rings. The molecule has 1 N–H and O–H groups in total. The average molecular weight is 466 g/mol. The third-order valence-electron chi connectivity index (χ3n) is 5.75. The summed E-state index contributed by atoms with van der Waals surface area (Å²) in [6.07, 6.45) is 1.67. The van der Waals surface area contributed by atoms with Crippen molar-refractivity contribution in [2.24, 2.45) is 0 Å². The van der Waals surface area contributed by atoms with Crippen LogP contribution in [0.3, 0.4) is 0 Å². The van der Waals surface area contributed by atoms with Gasteiger partial charge in [0.25, 0.3) is 0 Å². The molecule has 7 nitrogen and oxygen atoms in total. The zero-order chi connectivity index (χ0) is 23.7. The lowest BCUT2D eigenvalue weighted by Gasteiger charge is -2.34. The Morgan fingerprint density at radius 2 is 1.74 bits per heavy atom. The Bertz CT molecular complexity index is 1350. The molecule has 2 aromatic heterocycles. The number of hydrogen-bond acceptors (Lipinski definition) is 4. The van der Waals surface area contributed by atoms with E-state index in [2.05, 4.69) is 15.2 Å². The Morgan fingerprint density at radius 1 is 0.941 bits per heavy atom. The number of carbonyl (C=O) groups excluding carboxylic acids is 1. The molecule has 0 spiro atoms. The predicted octanol–water partition coefficient (Wildman–Crippen LogP) is 4.19. The summed E-state index contributed by atoms with van der Waals surface area (Å²) >= 11 is 0. The van der Waals surface area contributed by atoms with Gasteiger partial charge in [-0.25, -0.2) is 27.9 Å². The lowest BCUT2D eigenvalue weighted by atomic mass is 10.3. The summed E-state index contributed by atoms with van der Waals surface area (Å²) in [5.74, 6) is -1.16. The van der Waals surface area contributed by atoms with E-state index in [9.17, 15) is 18.0 Å². The standard InChI is InChI=1S/C24H21F3N6O/c25-16-3-1-4-18(13-16)33-22(29-21-5-2-8-28-23(21)33)15-31-9-11-32(12-10-31)24(34)30-20-7-6-17(26)14-19(20)27/h1-8,13-14H,9-12,15H2,(H,30,34). The fourth-order valence-corrected chi connectivity index (χ4v) is 4.05. The third-order valence-corrected chi connectivity index (χ3v) is 5.75. The Labute approximate surface area is 193 Å². The summed E-state index contributed by atoms with van der Waals surface area (Å²) in [5, 5.41) is 2.49. The van der Waals surface area contributed by atoms with Crippen LogP contribution in [-0.4, -0.2) is 56.5 Å². The number of benzene rings is 2. The van der Waals surface area contributed by atoms with Gasteiger partial charge in [-0.05, 0) is 42.5 Å². The number of urea groups is 1. The van der Waals surface area contributed by atoms with Gasteiger partial charge in [-0.3, -0.25) is 9.47 Å². The number of amides is 2. The summed E-state index contributed by atoms with van der Waals surface area (Å²) in [6, 6.07) is 12.5. The highest BCUT2D eigenvalue weighted by molar-refractivity contribution is 5.89. The van der Waals surface area contributed by atoms with Crippen LogP contribution in [0.25, 0.3) is 16.9 Å². The molecule has 0 bridgehead atoms. The first-order valence-electron chi connectivity index (χ1n) is 10.8. The highest BCUT2D eigenvalue weighted by Crippen LogP contribution is 2.22. The van der Waals surface area contributed by atoms with Gasteiger partial charge in [-0.2, -0.15) is 0 Å². The van der Waals surface area contributed by atoms with Crippen molar-refractivity contribution >= 4 is 22.9 Å². The second-order valence-corrected chi connectivity index (χ2v) is 8.01. The van der Waals surface area contributed by atoms with Crippen molar-refractivity contribution in [3.8, 4) is 5.69 Å². The topological polar surface area (TPSA) is 66.3 Å². The molecule has 4 aromatic rings. The van der Waals surface area contributed by atoms with Gasteiger partial charge in [0.1, 0.15) is 28.8 Å². The molecule has 1 saturated heterocycles. The SMILES string of the molecule is O=C(Nc1ccc(F)cc1F)N1CCN(Cc2nc3cccnc3n2-c2cccc(F)c2)CC1. The number of rotatable bonds is 4. The number of nitrogens with one attached hydrogen (secondary N) is 1. The van der Waals surface area contributed by atoms with Crippen LogP contribution in [0, 0.1) is 17.5 Å². The van der Waals surface area contributed by atoms with E-state index in [1.807, 2.05) is 10.6 Å². The number of imidazole rings is 1. The Balaban J connectivity index is 1.29. The van der Waals surface area contributed by atoms with Crippen LogP contribution in [-0.2, 0) is 6.54 Å². The van der Waals surface area contributed by atoms with Crippen LogP contribution in [0.4, 0.5) is 23.7 Å². The van der Waals surface area contributed by atoms with E-state index in [0.717, 1.165) is 12.1 Å². The van der Waals surface area contributed by atoms with Gasteiger partial charge >= 0.3 is 6.03 Å². The van der Waals surface area contributed by atoms with Crippen LogP contribution in [0.5, 0.6) is 0 Å². The van der Waals surface area contributed by atoms with Gasteiger partial charge in [0.05, 0.1) is 17.9 Å². The van der Waals surface area contributed by atoms with Crippen molar-refractivity contribution in [1.82, 2.24) is 24.3 Å². The van der Waals surface area contributed by atoms with Crippen LogP contribution in [0.15, 0.2) is 60.8 Å². The summed E-state index contributed by atoms with van der Waals surface area (Å²) < 4.78 is 42.7. The molecule has 1 fully saturated rings. The first-order chi connectivity index (χ1) is 16.5. The largest absolute Gasteiger partial charge is 0.322 e. The molecule has 3 heterocycles. The predicted molar refractivity (Wildman–Crippen MR) is 121 cm³/mol. The normalized spacial score (nSPS) is 14.5. The second-order valence-electron chi connectivity index (χ2n) is 8.01. The molecule has 34 heavy (non-hydrogen) atoms. The van der Waals surface area contributed by atoms with Gasteiger partial charge in [-0.15, -0.1) is 0 Å². The minimum Gasteiger partial charge on any atom is -0.322 e. The number of piperazine rings is 1. The van der Waals surface area contributed by atoms with Crippen molar-refractivity contribution < 1.29 is 18.0 Å². The van der Waals surface area contributed by atoms with E-state index in [1.54, 1.807) is 29.3 Å². The minimum atomic E-state index is -0.822. The molecular formula is C24H21F3N6O. The highest BCUT2D eigenvalue weighted by Gasteiger charge is 2.24.